The predicted molar refractivity (Wildman–Crippen MR) is 92.7 cm³/mol. The van der Waals surface area contributed by atoms with Gasteiger partial charge < -0.3 is 0 Å². The van der Waals surface area contributed by atoms with Gasteiger partial charge in [-0.1, -0.05) is 42.5 Å². The van der Waals surface area contributed by atoms with Gasteiger partial charge in [-0.15, -0.1) is 0 Å². The molecule has 9 heteroatoms. The molecule has 1 heterocycles. The molecule has 2 aromatic rings. The molecule has 1 N–H and O–H groups in total. The second-order valence-electron chi connectivity index (χ2n) is 6.14. The largest absolute Gasteiger partial charge is 0.429 e. The van der Waals surface area contributed by atoms with Gasteiger partial charge in [0.1, 0.15) is 5.71 Å². The number of hydrogen-bond acceptors (Lipinski definition) is 4. The number of carbonyl (C=O) groups is 1. The van der Waals surface area contributed by atoms with Crippen molar-refractivity contribution in [3.8, 4) is 0 Å². The molecule has 0 bridgehead atoms. The highest BCUT2D eigenvalue weighted by atomic mass is 32.2. The van der Waals surface area contributed by atoms with E-state index in [1.807, 2.05) is 0 Å². The van der Waals surface area contributed by atoms with Gasteiger partial charge >= 0.3 is 6.18 Å². The van der Waals surface area contributed by atoms with Gasteiger partial charge in [0.25, 0.3) is 10.1 Å². The smallest absolute Gasteiger partial charge is 0.297 e. The zero-order valence-electron chi connectivity index (χ0n) is 13.8. The Morgan fingerprint density at radius 2 is 1.81 bits per heavy atom. The number of hydrogen-bond donors (Lipinski definition) is 1. The van der Waals surface area contributed by atoms with Crippen molar-refractivity contribution in [2.75, 3.05) is 0 Å². The van der Waals surface area contributed by atoms with Crippen molar-refractivity contribution in [2.24, 2.45) is 4.99 Å². The fourth-order valence-electron chi connectivity index (χ4n) is 2.97. The highest BCUT2D eigenvalue weighted by Crippen LogP contribution is 2.34. The lowest BCUT2D eigenvalue weighted by Crippen LogP contribution is -2.23. The molecule has 5 nitrogen and oxygen atoms in total. The van der Waals surface area contributed by atoms with Crippen LogP contribution in [0.1, 0.15) is 21.9 Å². The average Bonchev–Trinajstić information content (AvgIpc) is 2.98. The standard InChI is InChI=1S/C18H14F3NO4S/c19-18(20,21)16-10-13-8-11(6-7-14(13)22-16)9-15(23)17(27(24,25)26)12-4-2-1-3-5-12/h1-8,17H,9-10H2,(H,24,25,26). The Morgan fingerprint density at radius 1 is 1.15 bits per heavy atom. The van der Waals surface area contributed by atoms with Crippen LogP contribution in [0.5, 0.6) is 0 Å². The lowest BCUT2D eigenvalue weighted by atomic mass is 9.99. The van der Waals surface area contributed by atoms with E-state index < -0.39 is 39.5 Å². The average molecular weight is 397 g/mol. The summed E-state index contributed by atoms with van der Waals surface area (Å²) < 4.78 is 71.2. The van der Waals surface area contributed by atoms with E-state index in [-0.39, 0.29) is 17.7 Å². The highest BCUT2D eigenvalue weighted by molar-refractivity contribution is 7.86. The lowest BCUT2D eigenvalue weighted by molar-refractivity contribution is -0.118. The van der Waals surface area contributed by atoms with Crippen molar-refractivity contribution in [3.05, 3.63) is 65.2 Å². The van der Waals surface area contributed by atoms with Gasteiger partial charge in [0.2, 0.25) is 0 Å². The number of Topliss-reactive ketones (excluding diaryl/α,β-unsaturated/α-hetero) is 1. The fraction of sp³-hybridized carbons (Fsp3) is 0.222. The van der Waals surface area contributed by atoms with Crippen molar-refractivity contribution >= 4 is 27.3 Å². The lowest BCUT2D eigenvalue weighted by Gasteiger charge is -2.13. The molecule has 0 saturated heterocycles. The Bertz CT molecular complexity index is 1010. The van der Waals surface area contributed by atoms with E-state index >= 15 is 0 Å². The van der Waals surface area contributed by atoms with E-state index in [1.165, 1.54) is 42.5 Å². The van der Waals surface area contributed by atoms with Crippen LogP contribution in [-0.4, -0.2) is 30.6 Å². The van der Waals surface area contributed by atoms with Crippen molar-refractivity contribution in [1.82, 2.24) is 0 Å². The number of benzene rings is 2. The summed E-state index contributed by atoms with van der Waals surface area (Å²) in [6.07, 6.45) is -5.28. The number of rotatable bonds is 5. The van der Waals surface area contributed by atoms with Gasteiger partial charge in [0, 0.05) is 12.8 Å². The normalized spacial score (nSPS) is 15.2. The van der Waals surface area contributed by atoms with E-state index in [0.29, 0.717) is 11.1 Å². The number of aliphatic imine (C=N–C) groups is 1. The number of alkyl halides is 3. The maximum atomic E-state index is 12.8. The number of fused-ring (bicyclic) bond motifs is 1. The second-order valence-corrected chi connectivity index (χ2v) is 7.65. The van der Waals surface area contributed by atoms with Crippen molar-refractivity contribution < 1.29 is 30.9 Å². The molecule has 1 aliphatic rings. The number of halogens is 3. The molecule has 0 spiro atoms. The van der Waals surface area contributed by atoms with Gasteiger partial charge in [-0.25, -0.2) is 4.99 Å². The first kappa shape index (κ1) is 19.2. The van der Waals surface area contributed by atoms with E-state index in [4.69, 9.17) is 0 Å². The summed E-state index contributed by atoms with van der Waals surface area (Å²) in [5, 5.41) is -1.76. The Labute approximate surface area is 153 Å². The summed E-state index contributed by atoms with van der Waals surface area (Å²) in [6, 6.07) is 11.7. The summed E-state index contributed by atoms with van der Waals surface area (Å²) in [7, 11) is -4.70. The molecule has 27 heavy (non-hydrogen) atoms. The molecule has 0 radical (unpaired) electrons. The molecule has 0 saturated carbocycles. The summed E-state index contributed by atoms with van der Waals surface area (Å²) in [5.74, 6) is -0.779. The van der Waals surface area contributed by atoms with E-state index in [0.717, 1.165) is 0 Å². The monoisotopic (exact) mass is 397 g/mol. The van der Waals surface area contributed by atoms with Crippen LogP contribution < -0.4 is 0 Å². The van der Waals surface area contributed by atoms with Gasteiger partial charge in [0.05, 0.1) is 5.69 Å². The van der Waals surface area contributed by atoms with Crippen LogP contribution in [-0.2, 0) is 27.8 Å². The van der Waals surface area contributed by atoms with Crippen LogP contribution in [0.4, 0.5) is 18.9 Å². The SMILES string of the molecule is O=C(Cc1ccc2c(c1)CC(C(F)(F)F)=N2)C(c1ccccc1)S(=O)(=O)O. The number of ketones is 1. The maximum Gasteiger partial charge on any atom is 0.429 e. The van der Waals surface area contributed by atoms with Crippen LogP contribution in [0.2, 0.25) is 0 Å². The molecule has 0 aromatic heterocycles. The third-order valence-corrected chi connectivity index (χ3v) is 5.29. The molecular weight excluding hydrogens is 383 g/mol. The van der Waals surface area contributed by atoms with E-state index in [2.05, 4.69) is 4.99 Å². The first-order valence-corrected chi connectivity index (χ1v) is 9.36. The molecule has 0 aliphatic carbocycles. The van der Waals surface area contributed by atoms with E-state index in [1.54, 1.807) is 6.07 Å². The third-order valence-electron chi connectivity index (χ3n) is 4.16. The van der Waals surface area contributed by atoms with Crippen LogP contribution >= 0.6 is 0 Å². The molecule has 142 valence electrons. The number of nitrogens with zero attached hydrogens (tertiary/aromatic N) is 1. The number of carbonyl (C=O) groups excluding carboxylic acids is 1. The summed E-state index contributed by atoms with van der Waals surface area (Å²) in [5.41, 5.74) is 0.0422. The Kier molecular flexibility index (Phi) is 4.92. The molecular formula is C18H14F3NO4S. The Hall–Kier alpha value is -2.52. The van der Waals surface area contributed by atoms with Gasteiger partial charge in [-0.05, 0) is 22.8 Å². The zero-order valence-corrected chi connectivity index (χ0v) is 14.6. The highest BCUT2D eigenvalue weighted by Gasteiger charge is 2.38. The summed E-state index contributed by atoms with van der Waals surface area (Å²) >= 11 is 0. The summed E-state index contributed by atoms with van der Waals surface area (Å²) in [4.78, 5) is 16.1. The quantitative estimate of drug-likeness (QED) is 0.781. The van der Waals surface area contributed by atoms with Crippen molar-refractivity contribution in [2.45, 2.75) is 24.3 Å². The molecule has 2 aromatic carbocycles. The van der Waals surface area contributed by atoms with Gasteiger partial charge in [-0.2, -0.15) is 21.6 Å². The topological polar surface area (TPSA) is 83.8 Å². The first-order valence-electron chi connectivity index (χ1n) is 7.86. The van der Waals surface area contributed by atoms with Crippen LogP contribution in [0, 0.1) is 0 Å². The predicted octanol–water partition coefficient (Wildman–Crippen LogP) is 3.62. The molecule has 1 atom stereocenters. The zero-order chi connectivity index (χ0) is 19.8. The minimum atomic E-state index is -4.70. The maximum absolute atomic E-state index is 12.8. The first-order chi connectivity index (χ1) is 12.6. The van der Waals surface area contributed by atoms with Gasteiger partial charge in [-0.3, -0.25) is 9.35 Å². The van der Waals surface area contributed by atoms with Crippen LogP contribution in [0.15, 0.2) is 53.5 Å². The van der Waals surface area contributed by atoms with Crippen molar-refractivity contribution in [1.29, 1.82) is 0 Å². The minimum Gasteiger partial charge on any atom is -0.297 e. The van der Waals surface area contributed by atoms with Crippen LogP contribution in [0.25, 0.3) is 0 Å². The molecule has 1 unspecified atom stereocenters. The van der Waals surface area contributed by atoms with Gasteiger partial charge in [0.15, 0.2) is 11.0 Å². The van der Waals surface area contributed by atoms with Crippen molar-refractivity contribution in [3.63, 3.8) is 0 Å². The molecule has 1 aliphatic heterocycles. The molecule has 0 fully saturated rings. The minimum absolute atomic E-state index is 0.119. The Balaban J connectivity index is 1.84. The summed E-state index contributed by atoms with van der Waals surface area (Å²) in [6.45, 7) is 0. The fourth-order valence-corrected chi connectivity index (χ4v) is 3.89. The molecule has 0 amide bonds. The molecule has 3 rings (SSSR count). The second kappa shape index (κ2) is 6.90. The van der Waals surface area contributed by atoms with Crippen LogP contribution in [0.3, 0.4) is 0 Å². The Morgan fingerprint density at radius 3 is 2.41 bits per heavy atom. The third kappa shape index (κ3) is 4.25. The van der Waals surface area contributed by atoms with E-state index in [9.17, 15) is 30.9 Å².